The summed E-state index contributed by atoms with van der Waals surface area (Å²) in [7, 11) is 0. The monoisotopic (exact) mass is 902 g/mol. The molecule has 0 spiro atoms. The maximum Gasteiger partial charge on any atom is 0.305 e. The summed E-state index contributed by atoms with van der Waals surface area (Å²) in [5.74, 6) is -0.0785. The van der Waals surface area contributed by atoms with Crippen LogP contribution in [-0.2, 0) is 14.3 Å². The van der Waals surface area contributed by atoms with Crippen LogP contribution < -0.4 is 5.32 Å². The van der Waals surface area contributed by atoms with Gasteiger partial charge in [0.1, 0.15) is 0 Å². The third-order valence-electron chi connectivity index (χ3n) is 13.2. The van der Waals surface area contributed by atoms with Gasteiger partial charge >= 0.3 is 5.97 Å². The van der Waals surface area contributed by atoms with Crippen molar-refractivity contribution in [2.24, 2.45) is 0 Å². The van der Waals surface area contributed by atoms with Crippen molar-refractivity contribution in [1.82, 2.24) is 5.32 Å². The van der Waals surface area contributed by atoms with Gasteiger partial charge in [0.15, 0.2) is 0 Å². The fourth-order valence-corrected chi connectivity index (χ4v) is 8.81. The van der Waals surface area contributed by atoms with Crippen LogP contribution in [0.15, 0.2) is 24.3 Å². The minimum atomic E-state index is -0.851. The summed E-state index contributed by atoms with van der Waals surface area (Å²) in [5, 5.41) is 23.1. The van der Waals surface area contributed by atoms with E-state index in [1.807, 2.05) is 6.08 Å². The molecule has 6 nitrogen and oxygen atoms in total. The van der Waals surface area contributed by atoms with Gasteiger partial charge in [0.25, 0.3) is 0 Å². The molecule has 0 aliphatic rings. The van der Waals surface area contributed by atoms with Crippen molar-refractivity contribution in [3.05, 3.63) is 24.3 Å². The number of esters is 1. The molecule has 0 aliphatic heterocycles. The highest BCUT2D eigenvalue weighted by Gasteiger charge is 2.18. The molecular formula is C58H111NO5. The lowest BCUT2D eigenvalue weighted by Crippen LogP contribution is -2.45. The largest absolute Gasteiger partial charge is 0.466 e. The first kappa shape index (κ1) is 62.3. The Morgan fingerprint density at radius 1 is 0.422 bits per heavy atom. The van der Waals surface area contributed by atoms with Gasteiger partial charge in [-0.05, 0) is 57.8 Å². The Morgan fingerprint density at radius 3 is 1.11 bits per heavy atom. The highest BCUT2D eigenvalue weighted by molar-refractivity contribution is 5.76. The van der Waals surface area contributed by atoms with Crippen LogP contribution >= 0.6 is 0 Å². The summed E-state index contributed by atoms with van der Waals surface area (Å²) in [4.78, 5) is 24.5. The van der Waals surface area contributed by atoms with Crippen LogP contribution in [0.25, 0.3) is 0 Å². The van der Waals surface area contributed by atoms with Crippen molar-refractivity contribution in [2.45, 2.75) is 321 Å². The molecule has 0 saturated carbocycles. The first-order valence-electron chi connectivity index (χ1n) is 28.6. The van der Waals surface area contributed by atoms with Gasteiger partial charge in [-0.1, -0.05) is 263 Å². The SMILES string of the molecule is CCCCCCCCCCCCCC/C=C/C(O)C(CO)NC(=O)CCCCCCCCC/C=C\CCCCCCCCOC(=O)CCCCCCCCCCCCCCCCCC. The number of nitrogens with one attached hydrogen (secondary N) is 1. The zero-order valence-electron chi connectivity index (χ0n) is 43.0. The van der Waals surface area contributed by atoms with E-state index < -0.39 is 12.1 Å². The van der Waals surface area contributed by atoms with Crippen molar-refractivity contribution in [3.63, 3.8) is 0 Å². The fourth-order valence-electron chi connectivity index (χ4n) is 8.81. The van der Waals surface area contributed by atoms with E-state index in [0.717, 1.165) is 57.8 Å². The maximum atomic E-state index is 12.4. The van der Waals surface area contributed by atoms with Crippen LogP contribution in [-0.4, -0.2) is 47.4 Å². The minimum absolute atomic E-state index is 0.000723. The molecule has 64 heavy (non-hydrogen) atoms. The molecule has 0 saturated heterocycles. The molecule has 0 bridgehead atoms. The molecule has 3 N–H and O–H groups in total. The van der Waals surface area contributed by atoms with Crippen LogP contribution in [0.5, 0.6) is 0 Å². The van der Waals surface area contributed by atoms with Gasteiger partial charge < -0.3 is 20.3 Å². The maximum absolute atomic E-state index is 12.4. The molecular weight excluding hydrogens is 791 g/mol. The number of amides is 1. The van der Waals surface area contributed by atoms with Crippen LogP contribution in [0.3, 0.4) is 0 Å². The molecule has 0 aromatic rings. The fraction of sp³-hybridized carbons (Fsp3) is 0.897. The van der Waals surface area contributed by atoms with Gasteiger partial charge in [-0.2, -0.15) is 0 Å². The van der Waals surface area contributed by atoms with Gasteiger partial charge in [0.2, 0.25) is 5.91 Å². The highest BCUT2D eigenvalue weighted by atomic mass is 16.5. The number of hydrogen-bond donors (Lipinski definition) is 3. The Morgan fingerprint density at radius 2 is 0.734 bits per heavy atom. The van der Waals surface area contributed by atoms with Gasteiger partial charge in [-0.25, -0.2) is 0 Å². The van der Waals surface area contributed by atoms with E-state index >= 15 is 0 Å². The summed E-state index contributed by atoms with van der Waals surface area (Å²) in [6.45, 7) is 4.89. The third-order valence-corrected chi connectivity index (χ3v) is 13.2. The smallest absolute Gasteiger partial charge is 0.305 e. The topological polar surface area (TPSA) is 95.9 Å². The number of hydrogen-bond acceptors (Lipinski definition) is 5. The zero-order valence-corrected chi connectivity index (χ0v) is 43.0. The summed E-state index contributed by atoms with van der Waals surface area (Å²) in [6.07, 6.45) is 64.8. The first-order valence-corrected chi connectivity index (χ1v) is 28.6. The zero-order chi connectivity index (χ0) is 46.5. The number of rotatable bonds is 53. The predicted octanol–water partition coefficient (Wildman–Crippen LogP) is 17.5. The predicted molar refractivity (Wildman–Crippen MR) is 278 cm³/mol. The second kappa shape index (κ2) is 54.0. The van der Waals surface area contributed by atoms with Gasteiger partial charge in [0, 0.05) is 12.8 Å². The van der Waals surface area contributed by atoms with E-state index in [1.165, 1.54) is 225 Å². The Hall–Kier alpha value is -1.66. The Labute approximate surface area is 399 Å². The molecule has 0 radical (unpaired) electrons. The van der Waals surface area contributed by atoms with E-state index in [-0.39, 0.29) is 18.5 Å². The number of unbranched alkanes of at least 4 members (excludes halogenated alkanes) is 40. The van der Waals surface area contributed by atoms with Crippen LogP contribution in [0.4, 0.5) is 0 Å². The molecule has 0 rings (SSSR count). The van der Waals surface area contributed by atoms with E-state index in [0.29, 0.717) is 19.4 Å². The number of carbonyl (C=O) groups is 2. The molecule has 0 aliphatic carbocycles. The number of aliphatic hydroxyl groups is 2. The normalized spacial score (nSPS) is 12.8. The minimum Gasteiger partial charge on any atom is -0.466 e. The van der Waals surface area contributed by atoms with Crippen LogP contribution in [0.2, 0.25) is 0 Å². The van der Waals surface area contributed by atoms with E-state index in [4.69, 9.17) is 4.74 Å². The van der Waals surface area contributed by atoms with Gasteiger partial charge in [-0.15, -0.1) is 0 Å². The molecule has 378 valence electrons. The average molecular weight is 903 g/mol. The number of allylic oxidation sites excluding steroid dienone is 3. The molecule has 0 aromatic carbocycles. The molecule has 2 unspecified atom stereocenters. The Bertz CT molecular complexity index is 997. The number of ether oxygens (including phenoxy) is 1. The van der Waals surface area contributed by atoms with Crippen molar-refractivity contribution < 1.29 is 24.5 Å². The van der Waals surface area contributed by atoms with E-state index in [2.05, 4.69) is 31.3 Å². The second-order valence-corrected chi connectivity index (χ2v) is 19.6. The Kier molecular flexibility index (Phi) is 52.6. The summed E-state index contributed by atoms with van der Waals surface area (Å²) in [5.41, 5.74) is 0. The molecule has 2 atom stereocenters. The molecule has 0 aromatic heterocycles. The molecule has 6 heteroatoms. The first-order chi connectivity index (χ1) is 31.5. The summed E-state index contributed by atoms with van der Waals surface area (Å²) < 4.78 is 5.48. The summed E-state index contributed by atoms with van der Waals surface area (Å²) >= 11 is 0. The van der Waals surface area contributed by atoms with E-state index in [1.54, 1.807) is 6.08 Å². The lowest BCUT2D eigenvalue weighted by Gasteiger charge is -2.20. The molecule has 0 fully saturated rings. The van der Waals surface area contributed by atoms with Crippen molar-refractivity contribution >= 4 is 11.9 Å². The van der Waals surface area contributed by atoms with Gasteiger partial charge in [0.05, 0.1) is 25.4 Å². The lowest BCUT2D eigenvalue weighted by molar-refractivity contribution is -0.143. The second-order valence-electron chi connectivity index (χ2n) is 19.6. The number of aliphatic hydroxyl groups excluding tert-OH is 2. The van der Waals surface area contributed by atoms with E-state index in [9.17, 15) is 19.8 Å². The third kappa shape index (κ3) is 49.8. The quantitative estimate of drug-likeness (QED) is 0.0321. The number of carbonyl (C=O) groups excluding carboxylic acids is 2. The Balaban J connectivity index is 3.46. The van der Waals surface area contributed by atoms with Crippen molar-refractivity contribution in [3.8, 4) is 0 Å². The highest BCUT2D eigenvalue weighted by Crippen LogP contribution is 2.16. The van der Waals surface area contributed by atoms with Crippen molar-refractivity contribution in [1.29, 1.82) is 0 Å². The average Bonchev–Trinajstić information content (AvgIpc) is 3.29. The molecule has 0 heterocycles. The standard InChI is InChI=1S/C58H111NO5/c1-3-5-7-9-11-13-15-17-19-24-28-32-36-40-44-48-52-58(63)64-53-49-45-41-37-33-29-25-22-20-21-23-27-31-35-39-43-47-51-57(62)59-55(54-60)56(61)50-46-42-38-34-30-26-18-16-14-12-10-8-6-4-2/h20,22,46,50,55-56,60-61H,3-19,21,23-45,47-49,51-54H2,1-2H3,(H,59,62)/b22-20-,50-46+. The van der Waals surface area contributed by atoms with Gasteiger partial charge in [-0.3, -0.25) is 9.59 Å². The van der Waals surface area contributed by atoms with Crippen LogP contribution in [0.1, 0.15) is 309 Å². The molecule has 1 amide bonds. The summed E-state index contributed by atoms with van der Waals surface area (Å²) in [6, 6.07) is -0.636. The van der Waals surface area contributed by atoms with Crippen LogP contribution in [0, 0.1) is 0 Å². The lowest BCUT2D eigenvalue weighted by atomic mass is 10.0. The van der Waals surface area contributed by atoms with Crippen molar-refractivity contribution in [2.75, 3.05) is 13.2 Å².